The predicted octanol–water partition coefficient (Wildman–Crippen LogP) is 1.93. The van der Waals surface area contributed by atoms with Crippen LogP contribution in [0.25, 0.3) is 0 Å². The fourth-order valence-corrected chi connectivity index (χ4v) is 2.03. The Morgan fingerprint density at radius 3 is 2.83 bits per heavy atom. The summed E-state index contributed by atoms with van der Waals surface area (Å²) in [6.07, 6.45) is 0.915. The van der Waals surface area contributed by atoms with Crippen molar-refractivity contribution < 1.29 is 0 Å². The second-order valence-electron chi connectivity index (χ2n) is 2.46. The summed E-state index contributed by atoms with van der Waals surface area (Å²) >= 11 is 4.85. The first-order chi connectivity index (χ1) is 5.77. The first-order valence-electron chi connectivity index (χ1n) is 3.87. The van der Waals surface area contributed by atoms with Crippen LogP contribution in [0.15, 0.2) is 0 Å². The fraction of sp³-hybridized carbons (Fsp3) is 0.714. The van der Waals surface area contributed by atoms with Crippen LogP contribution >= 0.6 is 27.5 Å². The normalized spacial score (nSPS) is 10.2. The molecule has 0 aliphatic carbocycles. The summed E-state index contributed by atoms with van der Waals surface area (Å²) in [5, 5.41) is 1.97. The number of rotatable bonds is 4. The van der Waals surface area contributed by atoms with Crippen molar-refractivity contribution in [2.75, 3.05) is 23.8 Å². The molecule has 0 aliphatic rings. The summed E-state index contributed by atoms with van der Waals surface area (Å²) in [6, 6.07) is 0. The SMILES string of the molecule is CCc1nsc(N(C)CCBr)n1. The lowest BCUT2D eigenvalue weighted by Crippen LogP contribution is -2.19. The van der Waals surface area contributed by atoms with E-state index < -0.39 is 0 Å². The zero-order valence-corrected chi connectivity index (χ0v) is 9.65. The molecule has 0 fully saturated rings. The van der Waals surface area contributed by atoms with Crippen molar-refractivity contribution in [1.82, 2.24) is 9.36 Å². The Labute approximate surface area is 85.1 Å². The largest absolute Gasteiger partial charge is 0.349 e. The molecule has 0 saturated heterocycles. The number of aryl methyl sites for hydroxylation is 1. The van der Waals surface area contributed by atoms with E-state index in [1.807, 2.05) is 7.05 Å². The van der Waals surface area contributed by atoms with Gasteiger partial charge < -0.3 is 4.90 Å². The molecule has 0 saturated carbocycles. The molecule has 0 spiro atoms. The van der Waals surface area contributed by atoms with Crippen LogP contribution in [0.2, 0.25) is 0 Å². The van der Waals surface area contributed by atoms with Crippen LogP contribution in [-0.4, -0.2) is 28.3 Å². The van der Waals surface area contributed by atoms with Gasteiger partial charge in [-0.15, -0.1) is 0 Å². The zero-order chi connectivity index (χ0) is 8.97. The van der Waals surface area contributed by atoms with Crippen LogP contribution < -0.4 is 4.90 Å². The summed E-state index contributed by atoms with van der Waals surface area (Å²) in [7, 11) is 2.03. The maximum Gasteiger partial charge on any atom is 0.204 e. The average Bonchev–Trinajstić information content (AvgIpc) is 2.52. The van der Waals surface area contributed by atoms with E-state index in [1.54, 1.807) is 0 Å². The molecule has 1 aromatic heterocycles. The molecule has 0 amide bonds. The summed E-state index contributed by atoms with van der Waals surface area (Å²) in [5.74, 6) is 0.941. The first kappa shape index (κ1) is 9.92. The molecule has 1 heterocycles. The highest BCUT2D eigenvalue weighted by atomic mass is 79.9. The molecule has 0 aliphatic heterocycles. The van der Waals surface area contributed by atoms with Gasteiger partial charge in [-0.25, -0.2) is 4.98 Å². The Morgan fingerprint density at radius 2 is 2.33 bits per heavy atom. The van der Waals surface area contributed by atoms with Crippen molar-refractivity contribution >= 4 is 32.6 Å². The maximum atomic E-state index is 4.36. The third-order valence-electron chi connectivity index (χ3n) is 1.52. The minimum absolute atomic E-state index is 0.915. The van der Waals surface area contributed by atoms with E-state index in [1.165, 1.54) is 11.5 Å². The standard InChI is InChI=1S/C7H12BrN3S/c1-3-6-9-7(12-10-6)11(2)5-4-8/h3-5H2,1-2H3. The van der Waals surface area contributed by atoms with Crippen molar-refractivity contribution in [2.45, 2.75) is 13.3 Å². The van der Waals surface area contributed by atoms with Crippen LogP contribution in [0.4, 0.5) is 5.13 Å². The van der Waals surface area contributed by atoms with E-state index in [4.69, 9.17) is 0 Å². The summed E-state index contributed by atoms with van der Waals surface area (Å²) in [5.41, 5.74) is 0. The van der Waals surface area contributed by atoms with Gasteiger partial charge in [-0.05, 0) is 0 Å². The highest BCUT2D eigenvalue weighted by Crippen LogP contribution is 2.15. The zero-order valence-electron chi connectivity index (χ0n) is 7.25. The van der Waals surface area contributed by atoms with E-state index >= 15 is 0 Å². The quantitative estimate of drug-likeness (QED) is 0.764. The average molecular weight is 250 g/mol. The minimum atomic E-state index is 0.915. The molecule has 12 heavy (non-hydrogen) atoms. The van der Waals surface area contributed by atoms with Gasteiger partial charge in [0.15, 0.2) is 0 Å². The Bertz CT molecular complexity index is 238. The summed E-state index contributed by atoms with van der Waals surface area (Å²) in [4.78, 5) is 6.46. The molecule has 68 valence electrons. The lowest BCUT2D eigenvalue weighted by Gasteiger charge is -2.11. The van der Waals surface area contributed by atoms with Gasteiger partial charge in [0.1, 0.15) is 5.82 Å². The van der Waals surface area contributed by atoms with Gasteiger partial charge in [-0.3, -0.25) is 0 Å². The lowest BCUT2D eigenvalue weighted by molar-refractivity contribution is 0.938. The fourth-order valence-electron chi connectivity index (χ4n) is 0.766. The number of hydrogen-bond acceptors (Lipinski definition) is 4. The number of halogens is 1. The molecule has 1 rings (SSSR count). The lowest BCUT2D eigenvalue weighted by atomic mass is 10.5. The molecule has 5 heteroatoms. The second-order valence-corrected chi connectivity index (χ2v) is 3.98. The van der Waals surface area contributed by atoms with E-state index in [2.05, 4.69) is 37.1 Å². The molecule has 0 unspecified atom stereocenters. The van der Waals surface area contributed by atoms with Gasteiger partial charge in [0.2, 0.25) is 5.13 Å². The molecule has 0 bridgehead atoms. The van der Waals surface area contributed by atoms with Gasteiger partial charge in [0.25, 0.3) is 0 Å². The Hall–Kier alpha value is -0.160. The molecule has 0 radical (unpaired) electrons. The van der Waals surface area contributed by atoms with Crippen LogP contribution in [-0.2, 0) is 6.42 Å². The van der Waals surface area contributed by atoms with Crippen LogP contribution in [0.5, 0.6) is 0 Å². The van der Waals surface area contributed by atoms with Crippen LogP contribution in [0, 0.1) is 0 Å². The predicted molar refractivity (Wildman–Crippen MR) is 56.4 cm³/mol. The molecule has 0 N–H and O–H groups in total. The molecule has 1 aromatic rings. The van der Waals surface area contributed by atoms with E-state index in [-0.39, 0.29) is 0 Å². The molecule has 0 atom stereocenters. The highest BCUT2D eigenvalue weighted by molar-refractivity contribution is 9.09. The van der Waals surface area contributed by atoms with Crippen molar-refractivity contribution in [3.8, 4) is 0 Å². The van der Waals surface area contributed by atoms with Crippen LogP contribution in [0.3, 0.4) is 0 Å². The number of nitrogens with zero attached hydrogens (tertiary/aromatic N) is 3. The molecule has 0 aromatic carbocycles. The van der Waals surface area contributed by atoms with E-state index in [0.29, 0.717) is 0 Å². The molecule has 3 nitrogen and oxygen atoms in total. The monoisotopic (exact) mass is 249 g/mol. The van der Waals surface area contributed by atoms with Gasteiger partial charge >= 0.3 is 0 Å². The number of hydrogen-bond donors (Lipinski definition) is 0. The third-order valence-corrected chi connectivity index (χ3v) is 2.74. The smallest absolute Gasteiger partial charge is 0.204 e. The Balaban J connectivity index is 2.61. The molecular weight excluding hydrogens is 238 g/mol. The van der Waals surface area contributed by atoms with E-state index in [0.717, 1.165) is 29.3 Å². The first-order valence-corrected chi connectivity index (χ1v) is 5.77. The Morgan fingerprint density at radius 1 is 1.58 bits per heavy atom. The Kier molecular flexibility index (Phi) is 3.94. The molecular formula is C7H12BrN3S. The van der Waals surface area contributed by atoms with Gasteiger partial charge in [-0.2, -0.15) is 4.37 Å². The number of alkyl halides is 1. The third kappa shape index (κ3) is 2.42. The van der Waals surface area contributed by atoms with Crippen molar-refractivity contribution in [3.05, 3.63) is 5.82 Å². The van der Waals surface area contributed by atoms with Crippen LogP contribution in [0.1, 0.15) is 12.7 Å². The summed E-state index contributed by atoms with van der Waals surface area (Å²) < 4.78 is 4.21. The van der Waals surface area contributed by atoms with Crippen molar-refractivity contribution in [3.63, 3.8) is 0 Å². The van der Waals surface area contributed by atoms with Gasteiger partial charge in [-0.1, -0.05) is 22.9 Å². The van der Waals surface area contributed by atoms with Crippen molar-refractivity contribution in [2.24, 2.45) is 0 Å². The number of anilines is 1. The summed E-state index contributed by atoms with van der Waals surface area (Å²) in [6.45, 7) is 3.04. The number of aromatic nitrogens is 2. The van der Waals surface area contributed by atoms with E-state index in [9.17, 15) is 0 Å². The topological polar surface area (TPSA) is 29.0 Å². The van der Waals surface area contributed by atoms with Crippen molar-refractivity contribution in [1.29, 1.82) is 0 Å². The minimum Gasteiger partial charge on any atom is -0.349 e. The highest BCUT2D eigenvalue weighted by Gasteiger charge is 2.05. The van der Waals surface area contributed by atoms with Gasteiger partial charge in [0, 0.05) is 36.9 Å². The van der Waals surface area contributed by atoms with Gasteiger partial charge in [0.05, 0.1) is 0 Å². The maximum absolute atomic E-state index is 4.36. The second kappa shape index (κ2) is 4.77.